The van der Waals surface area contributed by atoms with Crippen LogP contribution in [-0.2, 0) is 17.8 Å². The third-order valence-electron chi connectivity index (χ3n) is 4.19. The molecule has 0 aliphatic carbocycles. The van der Waals surface area contributed by atoms with Crippen LogP contribution >= 0.6 is 11.3 Å². The van der Waals surface area contributed by atoms with Gasteiger partial charge in [-0.1, -0.05) is 17.4 Å². The minimum Gasteiger partial charge on any atom is -0.349 e. The van der Waals surface area contributed by atoms with Crippen LogP contribution in [0.15, 0.2) is 29.5 Å². The van der Waals surface area contributed by atoms with Crippen molar-refractivity contribution in [3.05, 3.63) is 40.7 Å². The van der Waals surface area contributed by atoms with Crippen LogP contribution in [0.3, 0.4) is 0 Å². The summed E-state index contributed by atoms with van der Waals surface area (Å²) >= 11 is 1.50. The number of carbonyl (C=O) groups excluding carboxylic acids is 1. The molecule has 1 aliphatic heterocycles. The number of nitrogens with zero attached hydrogens (tertiary/aromatic N) is 5. The second-order valence-electron chi connectivity index (χ2n) is 6.28. The molecular formula is C18H18N6OS. The third-order valence-corrected chi connectivity index (χ3v) is 5.21. The van der Waals surface area contributed by atoms with Crippen molar-refractivity contribution < 1.29 is 4.79 Å². The van der Waals surface area contributed by atoms with Gasteiger partial charge in [-0.3, -0.25) is 9.79 Å². The summed E-state index contributed by atoms with van der Waals surface area (Å²) in [5, 5.41) is 4.22. The highest BCUT2D eigenvalue weighted by molar-refractivity contribution is 7.18. The maximum atomic E-state index is 11.8. The fourth-order valence-corrected chi connectivity index (χ4v) is 3.65. The lowest BCUT2D eigenvalue weighted by Crippen LogP contribution is -2.21. The van der Waals surface area contributed by atoms with Crippen LogP contribution < -0.4 is 5.32 Å². The minimum atomic E-state index is 0.0912. The zero-order valence-electron chi connectivity index (χ0n) is 14.6. The average molecular weight is 366 g/mol. The summed E-state index contributed by atoms with van der Waals surface area (Å²) in [7, 11) is 3.52. The Morgan fingerprint density at radius 3 is 3.04 bits per heavy atom. The molecule has 3 heterocycles. The molecule has 1 N–H and O–H groups in total. The summed E-state index contributed by atoms with van der Waals surface area (Å²) < 4.78 is 0. The molecule has 26 heavy (non-hydrogen) atoms. The van der Waals surface area contributed by atoms with Crippen LogP contribution in [0.4, 0.5) is 11.5 Å². The number of hydrogen-bond donors (Lipinski definition) is 1. The maximum absolute atomic E-state index is 11.8. The van der Waals surface area contributed by atoms with Crippen molar-refractivity contribution in [3.8, 4) is 0 Å². The number of anilines is 2. The molecule has 0 radical (unpaired) electrons. The molecule has 8 heteroatoms. The van der Waals surface area contributed by atoms with Crippen molar-refractivity contribution in [2.45, 2.75) is 19.4 Å². The predicted molar refractivity (Wildman–Crippen MR) is 103 cm³/mol. The van der Waals surface area contributed by atoms with E-state index in [2.05, 4.69) is 37.4 Å². The quantitative estimate of drug-likeness (QED) is 0.751. The van der Waals surface area contributed by atoms with E-state index < -0.39 is 0 Å². The third kappa shape index (κ3) is 3.28. The monoisotopic (exact) mass is 366 g/mol. The number of aryl methyl sites for hydroxylation is 1. The molecule has 7 nitrogen and oxygen atoms in total. The molecule has 0 saturated carbocycles. The van der Waals surface area contributed by atoms with Gasteiger partial charge in [0.15, 0.2) is 5.82 Å². The second-order valence-corrected chi connectivity index (χ2v) is 7.34. The molecule has 1 amide bonds. The molecule has 0 unspecified atom stereocenters. The van der Waals surface area contributed by atoms with E-state index in [0.717, 1.165) is 33.2 Å². The Morgan fingerprint density at radius 2 is 2.19 bits per heavy atom. The topological polar surface area (TPSA) is 83.4 Å². The Balaban J connectivity index is 1.57. The van der Waals surface area contributed by atoms with Gasteiger partial charge in [-0.2, -0.15) is 0 Å². The minimum absolute atomic E-state index is 0.0912. The van der Waals surface area contributed by atoms with Gasteiger partial charge in [-0.15, -0.1) is 0 Å². The lowest BCUT2D eigenvalue weighted by atomic mass is 10.1. The molecule has 0 bridgehead atoms. The summed E-state index contributed by atoms with van der Waals surface area (Å²) in [4.78, 5) is 31.8. The molecule has 0 spiro atoms. The zero-order chi connectivity index (χ0) is 18.1. The van der Waals surface area contributed by atoms with Crippen molar-refractivity contribution in [1.29, 1.82) is 0 Å². The molecular weight excluding hydrogens is 348 g/mol. The van der Waals surface area contributed by atoms with Crippen LogP contribution in [0.25, 0.3) is 10.3 Å². The van der Waals surface area contributed by atoms with Gasteiger partial charge in [0.05, 0.1) is 11.6 Å². The van der Waals surface area contributed by atoms with E-state index in [0.29, 0.717) is 18.7 Å². The molecule has 1 aliphatic rings. The van der Waals surface area contributed by atoms with E-state index in [1.54, 1.807) is 19.0 Å². The Hall–Kier alpha value is -2.87. The van der Waals surface area contributed by atoms with Crippen LogP contribution in [0.5, 0.6) is 0 Å². The first-order valence-corrected chi connectivity index (χ1v) is 9.12. The van der Waals surface area contributed by atoms with Crippen LogP contribution in [0.2, 0.25) is 0 Å². The number of nitrogens with one attached hydrogen (secondary N) is 1. The fraction of sp³-hybridized carbons (Fsp3) is 0.278. The molecule has 2 aromatic heterocycles. The molecule has 0 saturated heterocycles. The SMILES string of the molecule is CN(C)C(=O)CCc1nc2c(Nc3ccc4c(c3)C=NC4)ncnc2s1. The van der Waals surface area contributed by atoms with Crippen molar-refractivity contribution in [2.75, 3.05) is 19.4 Å². The number of carbonyl (C=O) groups is 1. The smallest absolute Gasteiger partial charge is 0.222 e. The Bertz CT molecular complexity index is 1010. The second kappa shape index (κ2) is 6.80. The first-order chi connectivity index (χ1) is 12.6. The standard InChI is InChI=1S/C18H18N6OS/c1-24(2)15(25)6-5-14-23-16-17(20-10-21-18(16)26-14)22-13-4-3-11-8-19-9-12(11)7-13/h3-4,7,9-10H,5-6,8H2,1-2H3,(H,20,21,22). The number of thiazole rings is 1. The van der Waals surface area contributed by atoms with Crippen molar-refractivity contribution in [2.24, 2.45) is 4.99 Å². The summed E-state index contributed by atoms with van der Waals surface area (Å²) in [5.74, 6) is 0.764. The lowest BCUT2D eigenvalue weighted by molar-refractivity contribution is -0.128. The first kappa shape index (κ1) is 16.6. The van der Waals surface area contributed by atoms with Crippen LogP contribution in [-0.4, -0.2) is 46.1 Å². The van der Waals surface area contributed by atoms with E-state index in [-0.39, 0.29) is 5.91 Å². The number of hydrogen-bond acceptors (Lipinski definition) is 7. The Kier molecular flexibility index (Phi) is 4.34. The number of amides is 1. The fourth-order valence-electron chi connectivity index (χ4n) is 2.75. The van der Waals surface area contributed by atoms with Crippen LogP contribution in [0.1, 0.15) is 22.6 Å². The van der Waals surface area contributed by atoms with Gasteiger partial charge in [0.25, 0.3) is 0 Å². The normalized spacial score (nSPS) is 12.4. The summed E-state index contributed by atoms with van der Waals surface area (Å²) in [6.45, 7) is 0.745. The van der Waals surface area contributed by atoms with E-state index in [1.807, 2.05) is 12.3 Å². The van der Waals surface area contributed by atoms with E-state index >= 15 is 0 Å². The maximum Gasteiger partial charge on any atom is 0.222 e. The highest BCUT2D eigenvalue weighted by Crippen LogP contribution is 2.28. The van der Waals surface area contributed by atoms with Crippen molar-refractivity contribution >= 4 is 45.3 Å². The van der Waals surface area contributed by atoms with Gasteiger partial charge in [0.2, 0.25) is 5.91 Å². The van der Waals surface area contributed by atoms with E-state index in [4.69, 9.17) is 0 Å². The number of aromatic nitrogens is 3. The molecule has 0 fully saturated rings. The molecule has 3 aromatic rings. The van der Waals surface area contributed by atoms with Gasteiger partial charge in [0.1, 0.15) is 16.7 Å². The summed E-state index contributed by atoms with van der Waals surface area (Å²) in [6.07, 6.45) is 4.46. The van der Waals surface area contributed by atoms with Crippen molar-refractivity contribution in [3.63, 3.8) is 0 Å². The highest BCUT2D eigenvalue weighted by atomic mass is 32.1. The van der Waals surface area contributed by atoms with Gasteiger partial charge < -0.3 is 10.2 Å². The van der Waals surface area contributed by atoms with E-state index in [1.165, 1.54) is 23.2 Å². The predicted octanol–water partition coefficient (Wildman–Crippen LogP) is 2.78. The molecule has 0 atom stereocenters. The van der Waals surface area contributed by atoms with E-state index in [9.17, 15) is 4.79 Å². The molecule has 1 aromatic carbocycles. The largest absolute Gasteiger partial charge is 0.349 e. The van der Waals surface area contributed by atoms with Gasteiger partial charge in [-0.05, 0) is 23.3 Å². The summed E-state index contributed by atoms with van der Waals surface area (Å²) in [5.41, 5.74) is 4.03. The number of aliphatic imine (C=N–C) groups is 1. The highest BCUT2D eigenvalue weighted by Gasteiger charge is 2.14. The average Bonchev–Trinajstić information content (AvgIpc) is 3.25. The molecule has 4 rings (SSSR count). The zero-order valence-corrected chi connectivity index (χ0v) is 15.4. The molecule has 132 valence electrons. The first-order valence-electron chi connectivity index (χ1n) is 8.30. The summed E-state index contributed by atoms with van der Waals surface area (Å²) in [6, 6.07) is 6.15. The number of rotatable bonds is 5. The Morgan fingerprint density at radius 1 is 1.31 bits per heavy atom. The lowest BCUT2D eigenvalue weighted by Gasteiger charge is -2.08. The number of benzene rings is 1. The van der Waals surface area contributed by atoms with Crippen molar-refractivity contribution in [1.82, 2.24) is 19.9 Å². The van der Waals surface area contributed by atoms with Gasteiger partial charge in [-0.25, -0.2) is 15.0 Å². The number of fused-ring (bicyclic) bond motifs is 2. The Labute approximate surface area is 154 Å². The van der Waals surface area contributed by atoms with Gasteiger partial charge in [0, 0.05) is 38.8 Å². The van der Waals surface area contributed by atoms with Crippen LogP contribution in [0, 0.1) is 0 Å². The van der Waals surface area contributed by atoms with Gasteiger partial charge >= 0.3 is 0 Å².